The Bertz CT molecular complexity index is 747. The van der Waals surface area contributed by atoms with Gasteiger partial charge in [0.2, 0.25) is 0 Å². The molecule has 0 aliphatic heterocycles. The number of hydrazine groups is 1. The van der Waals surface area contributed by atoms with Gasteiger partial charge in [-0.3, -0.25) is 10.8 Å². The first-order valence-electron chi connectivity index (χ1n) is 6.50. The van der Waals surface area contributed by atoms with Crippen LogP contribution in [0.2, 0.25) is 0 Å². The highest BCUT2D eigenvalue weighted by Gasteiger charge is 2.19. The fourth-order valence-corrected chi connectivity index (χ4v) is 2.54. The van der Waals surface area contributed by atoms with E-state index in [1.165, 1.54) is 0 Å². The van der Waals surface area contributed by atoms with Crippen molar-refractivity contribution in [2.75, 3.05) is 0 Å². The fraction of sp³-hybridized carbons (Fsp3) is 0.200. The maximum Gasteiger partial charge on any atom is 0.131 e. The molecule has 2 aromatic heterocycles. The number of nitrogens with zero attached hydrogens (tertiary/aromatic N) is 3. The van der Waals surface area contributed by atoms with E-state index in [0.29, 0.717) is 0 Å². The van der Waals surface area contributed by atoms with Gasteiger partial charge in [0.25, 0.3) is 0 Å². The Morgan fingerprint density at radius 2 is 2.10 bits per heavy atom. The number of nitrogens with one attached hydrogen (secondary N) is 1. The molecule has 0 saturated carbocycles. The number of aryl methyl sites for hydroxylation is 2. The van der Waals surface area contributed by atoms with E-state index >= 15 is 0 Å². The highest BCUT2D eigenvalue weighted by atomic mass is 15.3. The summed E-state index contributed by atoms with van der Waals surface area (Å²) in [7, 11) is 1.96. The Kier molecular flexibility index (Phi) is 3.22. The number of imidazole rings is 1. The van der Waals surface area contributed by atoms with Crippen molar-refractivity contribution in [2.45, 2.75) is 13.0 Å². The molecule has 3 aromatic rings. The van der Waals surface area contributed by atoms with Gasteiger partial charge in [0.05, 0.1) is 5.52 Å². The van der Waals surface area contributed by atoms with E-state index in [9.17, 15) is 0 Å². The van der Waals surface area contributed by atoms with Gasteiger partial charge in [-0.2, -0.15) is 0 Å². The summed E-state index contributed by atoms with van der Waals surface area (Å²) in [5, 5.41) is 1.09. The van der Waals surface area contributed by atoms with Gasteiger partial charge in [-0.15, -0.1) is 0 Å². The van der Waals surface area contributed by atoms with Crippen LogP contribution >= 0.6 is 0 Å². The molecule has 0 bridgehead atoms. The molecule has 0 spiro atoms. The third-order valence-corrected chi connectivity index (χ3v) is 3.47. The highest BCUT2D eigenvalue weighted by Crippen LogP contribution is 2.27. The molecule has 3 rings (SSSR count). The first-order chi connectivity index (χ1) is 9.70. The Hall–Kier alpha value is -2.24. The summed E-state index contributed by atoms with van der Waals surface area (Å²) in [5.74, 6) is 6.66. The van der Waals surface area contributed by atoms with Crippen molar-refractivity contribution in [1.82, 2.24) is 20.0 Å². The second-order valence-electron chi connectivity index (χ2n) is 4.87. The van der Waals surface area contributed by atoms with E-state index in [1.54, 1.807) is 6.20 Å². The molecule has 3 N–H and O–H groups in total. The minimum absolute atomic E-state index is 0.165. The predicted molar refractivity (Wildman–Crippen MR) is 78.9 cm³/mol. The Morgan fingerprint density at radius 1 is 1.30 bits per heavy atom. The number of benzene rings is 1. The number of nitrogens with two attached hydrogens (primary N) is 1. The van der Waals surface area contributed by atoms with Crippen LogP contribution in [-0.4, -0.2) is 14.5 Å². The lowest BCUT2D eigenvalue weighted by Gasteiger charge is -2.18. The average Bonchev–Trinajstić information content (AvgIpc) is 2.86. The summed E-state index contributed by atoms with van der Waals surface area (Å²) >= 11 is 0. The molecular weight excluding hydrogens is 250 g/mol. The van der Waals surface area contributed by atoms with Gasteiger partial charge in [0.1, 0.15) is 11.9 Å². The SMILES string of the molecule is Cc1cc(C(NN)c2nccn2C)c2ccccc2n1. The first kappa shape index (κ1) is 12.8. The molecule has 0 fully saturated rings. The van der Waals surface area contributed by atoms with E-state index < -0.39 is 0 Å². The molecule has 2 heterocycles. The minimum atomic E-state index is -0.165. The van der Waals surface area contributed by atoms with Gasteiger partial charge in [-0.1, -0.05) is 18.2 Å². The number of hydrogen-bond acceptors (Lipinski definition) is 4. The van der Waals surface area contributed by atoms with Gasteiger partial charge in [-0.25, -0.2) is 10.4 Å². The Labute approximate surface area is 117 Å². The highest BCUT2D eigenvalue weighted by molar-refractivity contribution is 5.83. The van der Waals surface area contributed by atoms with Crippen molar-refractivity contribution >= 4 is 10.9 Å². The number of fused-ring (bicyclic) bond motifs is 1. The maximum absolute atomic E-state index is 5.78. The summed E-state index contributed by atoms with van der Waals surface area (Å²) in [6.07, 6.45) is 3.69. The summed E-state index contributed by atoms with van der Waals surface area (Å²) in [6, 6.07) is 9.96. The molecule has 20 heavy (non-hydrogen) atoms. The smallest absolute Gasteiger partial charge is 0.131 e. The first-order valence-corrected chi connectivity index (χ1v) is 6.50. The number of pyridine rings is 1. The van der Waals surface area contributed by atoms with Gasteiger partial charge < -0.3 is 4.57 Å². The normalized spacial score (nSPS) is 12.8. The van der Waals surface area contributed by atoms with Crippen molar-refractivity contribution in [1.29, 1.82) is 0 Å². The molecule has 1 atom stereocenters. The van der Waals surface area contributed by atoms with Crippen molar-refractivity contribution < 1.29 is 0 Å². The van der Waals surface area contributed by atoms with Crippen molar-refractivity contribution in [3.63, 3.8) is 0 Å². The lowest BCUT2D eigenvalue weighted by molar-refractivity contribution is 0.582. The Morgan fingerprint density at radius 3 is 2.80 bits per heavy atom. The number of hydrogen-bond donors (Lipinski definition) is 2. The summed E-state index contributed by atoms with van der Waals surface area (Å²) in [6.45, 7) is 1.99. The van der Waals surface area contributed by atoms with Crippen molar-refractivity contribution in [2.24, 2.45) is 12.9 Å². The average molecular weight is 267 g/mol. The summed E-state index contributed by atoms with van der Waals surface area (Å²) in [4.78, 5) is 8.96. The second kappa shape index (κ2) is 5.03. The largest absolute Gasteiger partial charge is 0.336 e. The molecular formula is C15H17N5. The van der Waals surface area contributed by atoms with Crippen LogP contribution in [-0.2, 0) is 7.05 Å². The van der Waals surface area contributed by atoms with E-state index in [0.717, 1.165) is 28.0 Å². The van der Waals surface area contributed by atoms with Crippen LogP contribution in [0.25, 0.3) is 10.9 Å². The van der Waals surface area contributed by atoms with Crippen LogP contribution in [0.5, 0.6) is 0 Å². The predicted octanol–water partition coefficient (Wildman–Crippen LogP) is 1.83. The van der Waals surface area contributed by atoms with Gasteiger partial charge in [-0.05, 0) is 24.6 Å². The third-order valence-electron chi connectivity index (χ3n) is 3.47. The van der Waals surface area contributed by atoms with Crippen LogP contribution in [0, 0.1) is 6.92 Å². The molecule has 0 saturated heterocycles. The molecule has 5 heteroatoms. The molecule has 0 aliphatic carbocycles. The number of aromatic nitrogens is 3. The quantitative estimate of drug-likeness (QED) is 0.561. The van der Waals surface area contributed by atoms with Gasteiger partial charge >= 0.3 is 0 Å². The molecule has 102 valence electrons. The third kappa shape index (κ3) is 2.07. The van der Waals surface area contributed by atoms with Gasteiger partial charge in [0, 0.05) is 30.5 Å². The van der Waals surface area contributed by atoms with Gasteiger partial charge in [0.15, 0.2) is 0 Å². The molecule has 1 unspecified atom stereocenters. The van der Waals surface area contributed by atoms with Crippen LogP contribution in [0.3, 0.4) is 0 Å². The minimum Gasteiger partial charge on any atom is -0.336 e. The zero-order chi connectivity index (χ0) is 14.1. The topological polar surface area (TPSA) is 68.8 Å². The van der Waals surface area contributed by atoms with Crippen molar-refractivity contribution in [3.05, 3.63) is 59.8 Å². The lowest BCUT2D eigenvalue weighted by Crippen LogP contribution is -2.31. The van der Waals surface area contributed by atoms with Crippen LogP contribution < -0.4 is 11.3 Å². The van der Waals surface area contributed by atoms with E-state index in [-0.39, 0.29) is 6.04 Å². The molecule has 5 nitrogen and oxygen atoms in total. The van der Waals surface area contributed by atoms with Crippen LogP contribution in [0.1, 0.15) is 23.1 Å². The molecule has 1 aromatic carbocycles. The van der Waals surface area contributed by atoms with E-state index in [2.05, 4.69) is 27.5 Å². The van der Waals surface area contributed by atoms with E-state index in [4.69, 9.17) is 5.84 Å². The number of rotatable bonds is 3. The van der Waals surface area contributed by atoms with Crippen LogP contribution in [0.4, 0.5) is 0 Å². The second-order valence-corrected chi connectivity index (χ2v) is 4.87. The van der Waals surface area contributed by atoms with E-state index in [1.807, 2.05) is 42.9 Å². The van der Waals surface area contributed by atoms with Crippen LogP contribution in [0.15, 0.2) is 42.7 Å². The Balaban J connectivity index is 2.24. The molecule has 0 aliphatic rings. The molecule has 0 amide bonds. The number of para-hydroxylation sites is 1. The summed E-state index contributed by atoms with van der Waals surface area (Å²) in [5.41, 5.74) is 5.89. The fourth-order valence-electron chi connectivity index (χ4n) is 2.54. The zero-order valence-electron chi connectivity index (χ0n) is 11.5. The standard InChI is InChI=1S/C15H17N5/c1-10-9-12(11-5-3-4-6-13(11)18-10)14(19-16)15-17-7-8-20(15)2/h3-9,14,19H,16H2,1-2H3. The monoisotopic (exact) mass is 267 g/mol. The zero-order valence-corrected chi connectivity index (χ0v) is 11.5. The summed E-state index contributed by atoms with van der Waals surface area (Å²) < 4.78 is 1.97. The van der Waals surface area contributed by atoms with Crippen molar-refractivity contribution in [3.8, 4) is 0 Å². The maximum atomic E-state index is 5.78. The molecule has 0 radical (unpaired) electrons. The lowest BCUT2D eigenvalue weighted by atomic mass is 10.0.